The van der Waals surface area contributed by atoms with Crippen LogP contribution in [0.5, 0.6) is 0 Å². The second-order valence-corrected chi connectivity index (χ2v) is 5.63. The SMILES string of the molecule is CCCCCC(=O)NC(C)CCCC(C)(C)O. The number of nitrogens with one attached hydrogen (secondary N) is 1. The number of amides is 1. The third-order valence-corrected chi connectivity index (χ3v) is 2.84. The van der Waals surface area contributed by atoms with E-state index in [1.807, 2.05) is 20.8 Å². The van der Waals surface area contributed by atoms with Gasteiger partial charge in [-0.2, -0.15) is 0 Å². The van der Waals surface area contributed by atoms with Gasteiger partial charge in [-0.1, -0.05) is 19.8 Å². The van der Waals surface area contributed by atoms with Crippen LogP contribution in [-0.4, -0.2) is 22.7 Å². The summed E-state index contributed by atoms with van der Waals surface area (Å²) in [5, 5.41) is 12.6. The summed E-state index contributed by atoms with van der Waals surface area (Å²) in [7, 11) is 0. The number of carbonyl (C=O) groups excluding carboxylic acids is 1. The van der Waals surface area contributed by atoms with Crippen LogP contribution in [0.3, 0.4) is 0 Å². The number of unbranched alkanes of at least 4 members (excludes halogenated alkanes) is 2. The summed E-state index contributed by atoms with van der Waals surface area (Å²) in [4.78, 5) is 11.5. The third kappa shape index (κ3) is 11.7. The molecule has 0 saturated heterocycles. The van der Waals surface area contributed by atoms with Crippen molar-refractivity contribution in [3.63, 3.8) is 0 Å². The van der Waals surface area contributed by atoms with Gasteiger partial charge in [0.05, 0.1) is 5.60 Å². The maximum Gasteiger partial charge on any atom is 0.220 e. The van der Waals surface area contributed by atoms with Crippen LogP contribution in [0.25, 0.3) is 0 Å². The maximum atomic E-state index is 11.5. The molecule has 0 aromatic rings. The Bertz CT molecular complexity index is 209. The van der Waals surface area contributed by atoms with Crippen molar-refractivity contribution < 1.29 is 9.90 Å². The normalized spacial score (nSPS) is 13.5. The highest BCUT2D eigenvalue weighted by Crippen LogP contribution is 2.13. The van der Waals surface area contributed by atoms with Crippen LogP contribution in [-0.2, 0) is 4.79 Å². The van der Waals surface area contributed by atoms with Crippen molar-refractivity contribution in [1.82, 2.24) is 5.32 Å². The molecule has 2 N–H and O–H groups in total. The molecule has 0 rings (SSSR count). The lowest BCUT2D eigenvalue weighted by atomic mass is 10.00. The Balaban J connectivity index is 3.57. The Kier molecular flexibility index (Phi) is 8.23. The zero-order chi connectivity index (χ0) is 13.3. The highest BCUT2D eigenvalue weighted by atomic mass is 16.3. The number of hydrogen-bond donors (Lipinski definition) is 2. The largest absolute Gasteiger partial charge is 0.390 e. The average molecular weight is 243 g/mol. The maximum absolute atomic E-state index is 11.5. The van der Waals surface area contributed by atoms with Gasteiger partial charge in [0.25, 0.3) is 0 Å². The predicted molar refractivity (Wildman–Crippen MR) is 71.9 cm³/mol. The molecule has 0 aromatic heterocycles. The molecule has 0 radical (unpaired) electrons. The Morgan fingerprint density at radius 3 is 2.47 bits per heavy atom. The average Bonchev–Trinajstić information content (AvgIpc) is 2.15. The summed E-state index contributed by atoms with van der Waals surface area (Å²) in [6, 6.07) is 0.214. The molecule has 1 atom stereocenters. The molecule has 0 heterocycles. The standard InChI is InChI=1S/C14H29NO2/c1-5-6-7-10-13(16)15-12(2)9-8-11-14(3,4)17/h12,17H,5-11H2,1-4H3,(H,15,16). The van der Waals surface area contributed by atoms with Gasteiger partial charge in [-0.3, -0.25) is 4.79 Å². The first-order chi connectivity index (χ1) is 7.85. The monoisotopic (exact) mass is 243 g/mol. The van der Waals surface area contributed by atoms with Crippen molar-refractivity contribution in [1.29, 1.82) is 0 Å². The Hall–Kier alpha value is -0.570. The van der Waals surface area contributed by atoms with Gasteiger partial charge in [0.15, 0.2) is 0 Å². The molecule has 3 heteroatoms. The van der Waals surface area contributed by atoms with Crippen LogP contribution in [0.4, 0.5) is 0 Å². The molecular weight excluding hydrogens is 214 g/mol. The van der Waals surface area contributed by atoms with E-state index in [0.717, 1.165) is 38.5 Å². The van der Waals surface area contributed by atoms with E-state index in [4.69, 9.17) is 0 Å². The van der Waals surface area contributed by atoms with E-state index in [1.54, 1.807) is 0 Å². The Labute approximate surface area is 106 Å². The van der Waals surface area contributed by atoms with E-state index in [0.29, 0.717) is 6.42 Å². The third-order valence-electron chi connectivity index (χ3n) is 2.84. The lowest BCUT2D eigenvalue weighted by molar-refractivity contribution is -0.121. The minimum Gasteiger partial charge on any atom is -0.390 e. The fraction of sp³-hybridized carbons (Fsp3) is 0.929. The predicted octanol–water partition coefficient (Wildman–Crippen LogP) is 3.01. The van der Waals surface area contributed by atoms with Crippen molar-refractivity contribution in [3.8, 4) is 0 Å². The van der Waals surface area contributed by atoms with Gasteiger partial charge in [0, 0.05) is 12.5 Å². The number of hydrogen-bond acceptors (Lipinski definition) is 2. The number of carbonyl (C=O) groups is 1. The van der Waals surface area contributed by atoms with E-state index in [2.05, 4.69) is 12.2 Å². The van der Waals surface area contributed by atoms with Crippen LogP contribution in [0.2, 0.25) is 0 Å². The molecule has 0 saturated carbocycles. The van der Waals surface area contributed by atoms with Gasteiger partial charge in [0.2, 0.25) is 5.91 Å². The van der Waals surface area contributed by atoms with Crippen molar-refractivity contribution in [2.75, 3.05) is 0 Å². The van der Waals surface area contributed by atoms with E-state index < -0.39 is 5.60 Å². The molecule has 102 valence electrons. The van der Waals surface area contributed by atoms with Crippen LogP contribution < -0.4 is 5.32 Å². The Morgan fingerprint density at radius 2 is 1.94 bits per heavy atom. The fourth-order valence-electron chi connectivity index (χ4n) is 1.80. The second-order valence-electron chi connectivity index (χ2n) is 5.63. The minimum atomic E-state index is -0.592. The highest BCUT2D eigenvalue weighted by molar-refractivity contribution is 5.76. The molecule has 0 aromatic carbocycles. The summed E-state index contributed by atoms with van der Waals surface area (Å²) in [5.41, 5.74) is -0.592. The Morgan fingerprint density at radius 1 is 1.29 bits per heavy atom. The molecule has 1 unspecified atom stereocenters. The smallest absolute Gasteiger partial charge is 0.220 e. The molecule has 0 aliphatic rings. The first-order valence-corrected chi connectivity index (χ1v) is 6.87. The van der Waals surface area contributed by atoms with Crippen molar-refractivity contribution in [3.05, 3.63) is 0 Å². The molecule has 0 spiro atoms. The zero-order valence-electron chi connectivity index (χ0n) is 11.9. The van der Waals surface area contributed by atoms with E-state index in [1.165, 1.54) is 0 Å². The van der Waals surface area contributed by atoms with E-state index in [-0.39, 0.29) is 11.9 Å². The van der Waals surface area contributed by atoms with Gasteiger partial charge >= 0.3 is 0 Å². The summed E-state index contributed by atoms with van der Waals surface area (Å²) in [6.07, 6.45) is 6.56. The molecule has 3 nitrogen and oxygen atoms in total. The quantitative estimate of drug-likeness (QED) is 0.612. The van der Waals surface area contributed by atoms with Gasteiger partial charge in [-0.25, -0.2) is 0 Å². The lowest BCUT2D eigenvalue weighted by Gasteiger charge is -2.19. The zero-order valence-corrected chi connectivity index (χ0v) is 11.9. The molecular formula is C14H29NO2. The molecule has 17 heavy (non-hydrogen) atoms. The topological polar surface area (TPSA) is 49.3 Å². The molecule has 0 bridgehead atoms. The molecule has 0 aliphatic carbocycles. The molecule has 0 aliphatic heterocycles. The molecule has 0 fully saturated rings. The van der Waals surface area contributed by atoms with E-state index in [9.17, 15) is 9.90 Å². The summed E-state index contributed by atoms with van der Waals surface area (Å²) in [6.45, 7) is 7.81. The molecule has 1 amide bonds. The second kappa shape index (κ2) is 8.51. The van der Waals surface area contributed by atoms with Gasteiger partial charge < -0.3 is 10.4 Å². The number of aliphatic hydroxyl groups is 1. The van der Waals surface area contributed by atoms with Crippen LogP contribution in [0.1, 0.15) is 72.6 Å². The fourth-order valence-corrected chi connectivity index (χ4v) is 1.80. The first-order valence-electron chi connectivity index (χ1n) is 6.87. The summed E-state index contributed by atoms with van der Waals surface area (Å²) >= 11 is 0. The summed E-state index contributed by atoms with van der Waals surface area (Å²) < 4.78 is 0. The summed E-state index contributed by atoms with van der Waals surface area (Å²) in [5.74, 6) is 0.161. The van der Waals surface area contributed by atoms with Crippen molar-refractivity contribution in [2.45, 2.75) is 84.3 Å². The van der Waals surface area contributed by atoms with Gasteiger partial charge in [-0.05, 0) is 46.5 Å². The van der Waals surface area contributed by atoms with E-state index >= 15 is 0 Å². The van der Waals surface area contributed by atoms with Crippen molar-refractivity contribution in [2.24, 2.45) is 0 Å². The van der Waals surface area contributed by atoms with Gasteiger partial charge in [-0.15, -0.1) is 0 Å². The first kappa shape index (κ1) is 16.4. The van der Waals surface area contributed by atoms with Crippen LogP contribution in [0, 0.1) is 0 Å². The van der Waals surface area contributed by atoms with Gasteiger partial charge in [0.1, 0.15) is 0 Å². The lowest BCUT2D eigenvalue weighted by Crippen LogP contribution is -2.32. The van der Waals surface area contributed by atoms with Crippen LogP contribution in [0.15, 0.2) is 0 Å². The van der Waals surface area contributed by atoms with Crippen molar-refractivity contribution >= 4 is 5.91 Å². The van der Waals surface area contributed by atoms with Crippen LogP contribution >= 0.6 is 0 Å². The number of rotatable bonds is 9. The highest BCUT2D eigenvalue weighted by Gasteiger charge is 2.13. The minimum absolute atomic E-state index is 0.161.